The molecule has 3 unspecified atom stereocenters. The Hall–Kier alpha value is -1.14. The van der Waals surface area contributed by atoms with Gasteiger partial charge in [0.05, 0.1) is 19.3 Å². The summed E-state index contributed by atoms with van der Waals surface area (Å²) in [6, 6.07) is -0.307. The number of hydrogen-bond acceptors (Lipinski definition) is 4. The van der Waals surface area contributed by atoms with E-state index in [0.717, 1.165) is 32.2 Å². The van der Waals surface area contributed by atoms with Gasteiger partial charge in [-0.1, -0.05) is 6.92 Å². The van der Waals surface area contributed by atoms with Crippen molar-refractivity contribution in [2.75, 3.05) is 26.3 Å². The molecular weight excluding hydrogens is 270 g/mol. The lowest BCUT2D eigenvalue weighted by atomic mass is 9.93. The number of piperidine rings is 1. The van der Waals surface area contributed by atoms with Crippen LogP contribution in [-0.2, 0) is 14.3 Å². The van der Waals surface area contributed by atoms with Crippen LogP contribution in [0.15, 0.2) is 0 Å². The second-order valence-corrected chi connectivity index (χ2v) is 6.54. The average Bonchev–Trinajstić information content (AvgIpc) is 3.30. The predicted molar refractivity (Wildman–Crippen MR) is 77.7 cm³/mol. The van der Waals surface area contributed by atoms with E-state index in [2.05, 4.69) is 17.6 Å². The molecule has 3 atom stereocenters. The third kappa shape index (κ3) is 3.55. The fourth-order valence-electron chi connectivity index (χ4n) is 3.11. The van der Waals surface area contributed by atoms with Crippen molar-refractivity contribution in [2.45, 2.75) is 50.7 Å². The molecule has 3 aliphatic rings. The SMILES string of the molecule is CC1CCNC(C(=O)N2CCOCC2C(=O)NC2CC2)C1. The quantitative estimate of drug-likeness (QED) is 0.761. The van der Waals surface area contributed by atoms with Gasteiger partial charge in [-0.2, -0.15) is 0 Å². The van der Waals surface area contributed by atoms with Gasteiger partial charge in [-0.05, 0) is 38.1 Å². The number of amides is 2. The molecule has 2 heterocycles. The Bertz CT molecular complexity index is 411. The summed E-state index contributed by atoms with van der Waals surface area (Å²) in [7, 11) is 0. The number of carbonyl (C=O) groups is 2. The summed E-state index contributed by atoms with van der Waals surface area (Å²) >= 11 is 0. The van der Waals surface area contributed by atoms with E-state index in [1.54, 1.807) is 4.90 Å². The molecule has 3 rings (SSSR count). The Morgan fingerprint density at radius 1 is 1.29 bits per heavy atom. The lowest BCUT2D eigenvalue weighted by molar-refractivity contribution is -0.150. The minimum Gasteiger partial charge on any atom is -0.377 e. The minimum absolute atomic E-state index is 0.0563. The number of ether oxygens (including phenoxy) is 1. The van der Waals surface area contributed by atoms with Crippen molar-refractivity contribution in [3.05, 3.63) is 0 Å². The summed E-state index contributed by atoms with van der Waals surface area (Å²) in [6.07, 6.45) is 4.07. The first-order valence-corrected chi connectivity index (χ1v) is 8.07. The number of rotatable bonds is 3. The lowest BCUT2D eigenvalue weighted by Gasteiger charge is -2.38. The van der Waals surface area contributed by atoms with Crippen molar-refractivity contribution in [1.82, 2.24) is 15.5 Å². The van der Waals surface area contributed by atoms with E-state index in [4.69, 9.17) is 4.74 Å². The molecule has 6 nitrogen and oxygen atoms in total. The maximum Gasteiger partial charge on any atom is 0.245 e. The van der Waals surface area contributed by atoms with Gasteiger partial charge in [0.15, 0.2) is 0 Å². The van der Waals surface area contributed by atoms with Gasteiger partial charge in [0.2, 0.25) is 11.8 Å². The van der Waals surface area contributed by atoms with Crippen LogP contribution >= 0.6 is 0 Å². The van der Waals surface area contributed by atoms with Crippen LogP contribution in [0.3, 0.4) is 0 Å². The first-order chi connectivity index (χ1) is 10.1. The fraction of sp³-hybridized carbons (Fsp3) is 0.867. The summed E-state index contributed by atoms with van der Waals surface area (Å²) in [5, 5.41) is 6.28. The Morgan fingerprint density at radius 2 is 2.10 bits per heavy atom. The average molecular weight is 295 g/mol. The normalized spacial score (nSPS) is 33.6. The molecule has 0 aromatic rings. The van der Waals surface area contributed by atoms with Crippen LogP contribution in [0.4, 0.5) is 0 Å². The molecule has 1 aliphatic carbocycles. The molecular formula is C15H25N3O3. The summed E-state index contributed by atoms with van der Waals surface area (Å²) in [4.78, 5) is 26.8. The highest BCUT2D eigenvalue weighted by Crippen LogP contribution is 2.21. The monoisotopic (exact) mass is 295 g/mol. The minimum atomic E-state index is -0.467. The van der Waals surface area contributed by atoms with Crippen molar-refractivity contribution in [3.63, 3.8) is 0 Å². The van der Waals surface area contributed by atoms with Crippen LogP contribution < -0.4 is 10.6 Å². The van der Waals surface area contributed by atoms with Gasteiger partial charge in [0.1, 0.15) is 6.04 Å². The van der Waals surface area contributed by atoms with E-state index in [1.807, 2.05) is 0 Å². The summed E-state index contributed by atoms with van der Waals surface area (Å²) < 4.78 is 5.42. The zero-order valence-electron chi connectivity index (χ0n) is 12.6. The summed E-state index contributed by atoms with van der Waals surface area (Å²) in [6.45, 7) is 4.39. The molecule has 0 aromatic carbocycles. The molecule has 2 saturated heterocycles. The number of nitrogens with zero attached hydrogens (tertiary/aromatic N) is 1. The number of carbonyl (C=O) groups excluding carboxylic acids is 2. The molecule has 0 radical (unpaired) electrons. The van der Waals surface area contributed by atoms with Crippen molar-refractivity contribution in [2.24, 2.45) is 5.92 Å². The third-order valence-electron chi connectivity index (χ3n) is 4.60. The lowest BCUT2D eigenvalue weighted by Crippen LogP contribution is -2.60. The van der Waals surface area contributed by atoms with Gasteiger partial charge in [-0.3, -0.25) is 9.59 Å². The molecule has 6 heteroatoms. The number of morpholine rings is 1. The van der Waals surface area contributed by atoms with Crippen molar-refractivity contribution >= 4 is 11.8 Å². The molecule has 0 spiro atoms. The number of hydrogen-bond donors (Lipinski definition) is 2. The van der Waals surface area contributed by atoms with Crippen LogP contribution in [0.2, 0.25) is 0 Å². The van der Waals surface area contributed by atoms with Gasteiger partial charge in [-0.15, -0.1) is 0 Å². The Morgan fingerprint density at radius 3 is 2.81 bits per heavy atom. The van der Waals surface area contributed by atoms with Crippen LogP contribution in [0.5, 0.6) is 0 Å². The highest BCUT2D eigenvalue weighted by molar-refractivity contribution is 5.90. The van der Waals surface area contributed by atoms with Crippen LogP contribution in [0, 0.1) is 5.92 Å². The molecule has 2 aliphatic heterocycles. The van der Waals surface area contributed by atoms with Gasteiger partial charge >= 0.3 is 0 Å². The summed E-state index contributed by atoms with van der Waals surface area (Å²) in [5.74, 6) is 0.551. The molecule has 0 bridgehead atoms. The van der Waals surface area contributed by atoms with E-state index in [-0.39, 0.29) is 17.9 Å². The Labute approximate surface area is 125 Å². The first-order valence-electron chi connectivity index (χ1n) is 8.07. The van der Waals surface area contributed by atoms with Gasteiger partial charge in [0.25, 0.3) is 0 Å². The second-order valence-electron chi connectivity index (χ2n) is 6.54. The van der Waals surface area contributed by atoms with Gasteiger partial charge in [0, 0.05) is 12.6 Å². The van der Waals surface area contributed by atoms with Gasteiger partial charge < -0.3 is 20.3 Å². The van der Waals surface area contributed by atoms with Gasteiger partial charge in [-0.25, -0.2) is 0 Å². The van der Waals surface area contributed by atoms with E-state index in [0.29, 0.717) is 31.7 Å². The second kappa shape index (κ2) is 6.32. The molecule has 2 amide bonds. The molecule has 0 aromatic heterocycles. The van der Waals surface area contributed by atoms with E-state index in [1.165, 1.54) is 0 Å². The largest absolute Gasteiger partial charge is 0.377 e. The zero-order valence-corrected chi connectivity index (χ0v) is 12.6. The van der Waals surface area contributed by atoms with Crippen LogP contribution in [0.1, 0.15) is 32.6 Å². The maximum absolute atomic E-state index is 12.7. The van der Waals surface area contributed by atoms with Crippen molar-refractivity contribution in [3.8, 4) is 0 Å². The smallest absolute Gasteiger partial charge is 0.245 e. The molecule has 2 N–H and O–H groups in total. The first kappa shape index (κ1) is 14.8. The predicted octanol–water partition coefficient (Wildman–Crippen LogP) is -0.119. The molecule has 3 fully saturated rings. The van der Waals surface area contributed by atoms with Crippen LogP contribution in [-0.4, -0.2) is 61.1 Å². The molecule has 21 heavy (non-hydrogen) atoms. The Kier molecular flexibility index (Phi) is 4.45. The molecule has 118 valence electrons. The highest BCUT2D eigenvalue weighted by atomic mass is 16.5. The van der Waals surface area contributed by atoms with E-state index in [9.17, 15) is 9.59 Å². The van der Waals surface area contributed by atoms with E-state index >= 15 is 0 Å². The standard InChI is InChI=1S/C15H25N3O3/c1-10-4-5-16-12(8-10)15(20)18-6-7-21-9-13(18)14(19)17-11-2-3-11/h10-13,16H,2-9H2,1H3,(H,17,19). The number of nitrogens with one attached hydrogen (secondary N) is 2. The zero-order chi connectivity index (χ0) is 14.8. The summed E-state index contributed by atoms with van der Waals surface area (Å²) in [5.41, 5.74) is 0. The fourth-order valence-corrected chi connectivity index (χ4v) is 3.11. The highest BCUT2D eigenvalue weighted by Gasteiger charge is 2.38. The van der Waals surface area contributed by atoms with Crippen molar-refractivity contribution in [1.29, 1.82) is 0 Å². The topological polar surface area (TPSA) is 70.7 Å². The van der Waals surface area contributed by atoms with Crippen molar-refractivity contribution < 1.29 is 14.3 Å². The molecule has 1 saturated carbocycles. The maximum atomic E-state index is 12.7. The van der Waals surface area contributed by atoms with E-state index < -0.39 is 6.04 Å². The van der Waals surface area contributed by atoms with Crippen LogP contribution in [0.25, 0.3) is 0 Å². The third-order valence-corrected chi connectivity index (χ3v) is 4.60. The Balaban J connectivity index is 1.64.